The summed E-state index contributed by atoms with van der Waals surface area (Å²) in [5.74, 6) is 0.673. The van der Waals surface area contributed by atoms with E-state index in [9.17, 15) is 0 Å². The van der Waals surface area contributed by atoms with Crippen molar-refractivity contribution in [2.24, 2.45) is 0 Å². The molecular weight excluding hydrogens is 268 g/mol. The summed E-state index contributed by atoms with van der Waals surface area (Å²) >= 11 is 6.17. The minimum atomic E-state index is 0.628. The minimum Gasteiger partial charge on any atom is -0.296 e. The molecule has 2 aromatic rings. The predicted molar refractivity (Wildman–Crippen MR) is 82.9 cm³/mol. The van der Waals surface area contributed by atoms with E-state index >= 15 is 0 Å². The highest BCUT2D eigenvalue weighted by Crippen LogP contribution is 2.45. The maximum absolute atomic E-state index is 6.17. The van der Waals surface area contributed by atoms with E-state index in [1.165, 1.54) is 12.0 Å². The van der Waals surface area contributed by atoms with Crippen molar-refractivity contribution in [1.29, 1.82) is 0 Å². The molecule has 2 nitrogen and oxygen atoms in total. The molecule has 0 radical (unpaired) electrons. The van der Waals surface area contributed by atoms with E-state index in [-0.39, 0.29) is 0 Å². The van der Waals surface area contributed by atoms with E-state index in [0.29, 0.717) is 17.1 Å². The van der Waals surface area contributed by atoms with Crippen molar-refractivity contribution < 1.29 is 0 Å². The van der Waals surface area contributed by atoms with E-state index < -0.39 is 0 Å². The van der Waals surface area contributed by atoms with Gasteiger partial charge in [-0.05, 0) is 24.6 Å². The molecule has 1 aromatic carbocycles. The van der Waals surface area contributed by atoms with Gasteiger partial charge in [0.1, 0.15) is 5.15 Å². The lowest BCUT2D eigenvalue weighted by atomic mass is 10.1. The molecule has 1 heterocycles. The summed E-state index contributed by atoms with van der Waals surface area (Å²) in [6.07, 6.45) is 2.99. The third kappa shape index (κ3) is 2.87. The number of rotatable bonds is 5. The highest BCUT2D eigenvalue weighted by atomic mass is 35.5. The fourth-order valence-corrected chi connectivity index (χ4v) is 3.04. The van der Waals surface area contributed by atoms with E-state index in [1.807, 2.05) is 6.07 Å². The van der Waals surface area contributed by atoms with Crippen LogP contribution in [-0.2, 0) is 6.54 Å². The Balaban J connectivity index is 1.69. The van der Waals surface area contributed by atoms with Crippen LogP contribution in [0.1, 0.15) is 30.4 Å². The number of pyridine rings is 1. The van der Waals surface area contributed by atoms with Crippen LogP contribution in [0.25, 0.3) is 0 Å². The summed E-state index contributed by atoms with van der Waals surface area (Å²) in [5, 5.41) is 0.628. The fraction of sp³-hybridized carbons (Fsp3) is 0.353. The molecule has 1 aromatic heterocycles. The zero-order valence-corrected chi connectivity index (χ0v) is 12.4. The Morgan fingerprint density at radius 1 is 1.20 bits per heavy atom. The number of nitrogens with zero attached hydrogens (tertiary/aromatic N) is 2. The lowest BCUT2D eigenvalue weighted by Gasteiger charge is -2.21. The molecular formula is C17H19ClN2. The smallest absolute Gasteiger partial charge is 0.133 e. The van der Waals surface area contributed by atoms with Gasteiger partial charge in [-0.2, -0.15) is 0 Å². The molecule has 3 heteroatoms. The van der Waals surface area contributed by atoms with Crippen molar-refractivity contribution >= 4 is 11.6 Å². The standard InChI is InChI=1S/C17H19ClN2/c1-2-20(12-14-9-6-10-19-17(14)18)16-11-15(16)13-7-4-3-5-8-13/h3-10,15-16H,2,11-12H2,1H3. The molecule has 1 aliphatic carbocycles. The summed E-state index contributed by atoms with van der Waals surface area (Å²) in [6.45, 7) is 4.14. The molecule has 0 bridgehead atoms. The molecule has 0 saturated heterocycles. The van der Waals surface area contributed by atoms with Crippen molar-refractivity contribution in [3.63, 3.8) is 0 Å². The Morgan fingerprint density at radius 2 is 2.00 bits per heavy atom. The lowest BCUT2D eigenvalue weighted by Crippen LogP contribution is -2.26. The summed E-state index contributed by atoms with van der Waals surface area (Å²) in [6, 6.07) is 15.4. The summed E-state index contributed by atoms with van der Waals surface area (Å²) in [5.41, 5.74) is 2.57. The van der Waals surface area contributed by atoms with Crippen LogP contribution in [0.4, 0.5) is 0 Å². The maximum atomic E-state index is 6.17. The van der Waals surface area contributed by atoms with Crippen LogP contribution in [-0.4, -0.2) is 22.5 Å². The number of likely N-dealkylation sites (N-methyl/N-ethyl adjacent to an activating group) is 1. The van der Waals surface area contributed by atoms with Crippen molar-refractivity contribution in [3.8, 4) is 0 Å². The Bertz CT molecular complexity index is 570. The average molecular weight is 287 g/mol. The summed E-state index contributed by atoms with van der Waals surface area (Å²) < 4.78 is 0. The number of halogens is 1. The molecule has 104 valence electrons. The SMILES string of the molecule is CCN(Cc1cccnc1Cl)C1CC1c1ccccc1. The van der Waals surface area contributed by atoms with Crippen LogP contribution in [0.5, 0.6) is 0 Å². The topological polar surface area (TPSA) is 16.1 Å². The molecule has 20 heavy (non-hydrogen) atoms. The van der Waals surface area contributed by atoms with Gasteiger partial charge in [-0.3, -0.25) is 4.90 Å². The highest BCUT2D eigenvalue weighted by Gasteiger charge is 2.41. The van der Waals surface area contributed by atoms with Crippen LogP contribution < -0.4 is 0 Å². The van der Waals surface area contributed by atoms with E-state index in [1.54, 1.807) is 6.20 Å². The van der Waals surface area contributed by atoms with Crippen LogP contribution in [0.2, 0.25) is 5.15 Å². The molecule has 2 unspecified atom stereocenters. The fourth-order valence-electron chi connectivity index (χ4n) is 2.86. The largest absolute Gasteiger partial charge is 0.296 e. The molecule has 1 saturated carbocycles. The van der Waals surface area contributed by atoms with Crippen molar-refractivity contribution in [1.82, 2.24) is 9.88 Å². The monoisotopic (exact) mass is 286 g/mol. The van der Waals surface area contributed by atoms with Gasteiger partial charge < -0.3 is 0 Å². The molecule has 0 spiro atoms. The van der Waals surface area contributed by atoms with Crippen LogP contribution in [0.3, 0.4) is 0 Å². The van der Waals surface area contributed by atoms with Gasteiger partial charge in [0.25, 0.3) is 0 Å². The zero-order chi connectivity index (χ0) is 13.9. The van der Waals surface area contributed by atoms with Crippen LogP contribution in [0.15, 0.2) is 48.7 Å². The normalized spacial score (nSPS) is 21.1. The van der Waals surface area contributed by atoms with Gasteiger partial charge in [0.05, 0.1) is 0 Å². The molecule has 2 atom stereocenters. The van der Waals surface area contributed by atoms with Gasteiger partial charge in [0.2, 0.25) is 0 Å². The third-order valence-electron chi connectivity index (χ3n) is 4.07. The number of hydrogen-bond donors (Lipinski definition) is 0. The first kappa shape index (κ1) is 13.6. The second kappa shape index (κ2) is 5.94. The Morgan fingerprint density at radius 3 is 2.70 bits per heavy atom. The Hall–Kier alpha value is -1.38. The second-order valence-electron chi connectivity index (χ2n) is 5.34. The van der Waals surface area contributed by atoms with Gasteiger partial charge in [-0.1, -0.05) is 54.9 Å². The Labute approximate surface area is 125 Å². The predicted octanol–water partition coefficient (Wildman–Crippen LogP) is 4.11. The van der Waals surface area contributed by atoms with Crippen molar-refractivity contribution in [2.45, 2.75) is 31.8 Å². The minimum absolute atomic E-state index is 0.628. The Kier molecular flexibility index (Phi) is 4.04. The molecule has 0 N–H and O–H groups in total. The van der Waals surface area contributed by atoms with Crippen LogP contribution >= 0.6 is 11.6 Å². The molecule has 0 aliphatic heterocycles. The van der Waals surface area contributed by atoms with Gasteiger partial charge in [0, 0.05) is 30.3 Å². The zero-order valence-electron chi connectivity index (χ0n) is 11.7. The quantitative estimate of drug-likeness (QED) is 0.769. The van der Waals surface area contributed by atoms with Gasteiger partial charge in [0.15, 0.2) is 0 Å². The van der Waals surface area contributed by atoms with E-state index in [4.69, 9.17) is 11.6 Å². The molecule has 3 rings (SSSR count). The van der Waals surface area contributed by atoms with Gasteiger partial charge in [-0.15, -0.1) is 0 Å². The van der Waals surface area contributed by atoms with E-state index in [0.717, 1.165) is 18.7 Å². The summed E-state index contributed by atoms with van der Waals surface area (Å²) in [4.78, 5) is 6.66. The first-order valence-electron chi connectivity index (χ1n) is 7.18. The number of hydrogen-bond acceptors (Lipinski definition) is 2. The third-order valence-corrected chi connectivity index (χ3v) is 4.41. The number of aromatic nitrogens is 1. The molecule has 1 aliphatic rings. The van der Waals surface area contributed by atoms with Gasteiger partial charge >= 0.3 is 0 Å². The maximum Gasteiger partial charge on any atom is 0.133 e. The van der Waals surface area contributed by atoms with Crippen LogP contribution in [0, 0.1) is 0 Å². The first-order chi connectivity index (χ1) is 9.79. The average Bonchev–Trinajstić information content (AvgIpc) is 3.28. The lowest BCUT2D eigenvalue weighted by molar-refractivity contribution is 0.264. The highest BCUT2D eigenvalue weighted by molar-refractivity contribution is 6.30. The number of benzene rings is 1. The summed E-state index contributed by atoms with van der Waals surface area (Å²) in [7, 11) is 0. The van der Waals surface area contributed by atoms with Crippen molar-refractivity contribution in [2.75, 3.05) is 6.54 Å². The molecule has 1 fully saturated rings. The molecule has 0 amide bonds. The first-order valence-corrected chi connectivity index (χ1v) is 7.55. The van der Waals surface area contributed by atoms with E-state index in [2.05, 4.69) is 53.2 Å². The van der Waals surface area contributed by atoms with Crippen molar-refractivity contribution in [3.05, 3.63) is 64.9 Å². The van der Waals surface area contributed by atoms with Gasteiger partial charge in [-0.25, -0.2) is 4.98 Å². The second-order valence-corrected chi connectivity index (χ2v) is 5.69.